The van der Waals surface area contributed by atoms with Gasteiger partial charge in [0.1, 0.15) is 12.1 Å². The Labute approximate surface area is 91.2 Å². The lowest BCUT2D eigenvalue weighted by Crippen LogP contribution is -2.18. The van der Waals surface area contributed by atoms with E-state index in [0.717, 1.165) is 11.3 Å². The molecule has 0 saturated heterocycles. The molecular weight excluding hydrogens is 202 g/mol. The molecule has 0 bridgehead atoms. The SMILES string of the molecule is O=c1c2ccccc2ncn1-c1ccc[nH]1. The Hall–Kier alpha value is -2.36. The van der Waals surface area contributed by atoms with Gasteiger partial charge in [0.15, 0.2) is 0 Å². The first-order valence-electron chi connectivity index (χ1n) is 4.96. The molecule has 78 valence electrons. The molecule has 0 radical (unpaired) electrons. The molecule has 0 spiro atoms. The van der Waals surface area contributed by atoms with E-state index < -0.39 is 0 Å². The molecule has 0 unspecified atom stereocenters. The van der Waals surface area contributed by atoms with Gasteiger partial charge in [0.25, 0.3) is 5.56 Å². The van der Waals surface area contributed by atoms with Crippen LogP contribution >= 0.6 is 0 Å². The first-order valence-corrected chi connectivity index (χ1v) is 4.96. The molecule has 16 heavy (non-hydrogen) atoms. The first-order chi connectivity index (χ1) is 7.86. The molecule has 4 nitrogen and oxygen atoms in total. The zero-order valence-corrected chi connectivity index (χ0v) is 8.42. The van der Waals surface area contributed by atoms with Crippen molar-refractivity contribution in [1.82, 2.24) is 14.5 Å². The van der Waals surface area contributed by atoms with Crippen LogP contribution in [0.4, 0.5) is 0 Å². The summed E-state index contributed by atoms with van der Waals surface area (Å²) in [6.07, 6.45) is 3.31. The van der Waals surface area contributed by atoms with Crippen molar-refractivity contribution >= 4 is 10.9 Å². The minimum absolute atomic E-state index is 0.0620. The van der Waals surface area contributed by atoms with Crippen molar-refractivity contribution in [2.24, 2.45) is 0 Å². The molecule has 3 aromatic rings. The van der Waals surface area contributed by atoms with Crippen LogP contribution in [0, 0.1) is 0 Å². The quantitative estimate of drug-likeness (QED) is 0.666. The third-order valence-corrected chi connectivity index (χ3v) is 2.51. The standard InChI is InChI=1S/C12H9N3O/c16-12-9-4-1-2-5-10(9)14-8-15(12)11-6-3-7-13-11/h1-8,13H. The number of nitrogens with zero attached hydrogens (tertiary/aromatic N) is 2. The number of fused-ring (bicyclic) bond motifs is 1. The molecule has 0 atom stereocenters. The molecule has 0 aliphatic rings. The molecule has 0 aliphatic heterocycles. The molecule has 4 heteroatoms. The highest BCUT2D eigenvalue weighted by Gasteiger charge is 2.04. The van der Waals surface area contributed by atoms with Crippen LogP contribution in [0.15, 0.2) is 53.7 Å². The Bertz CT molecular complexity index is 683. The molecule has 0 aliphatic carbocycles. The molecule has 0 fully saturated rings. The summed E-state index contributed by atoms with van der Waals surface area (Å²) in [6.45, 7) is 0. The van der Waals surface area contributed by atoms with Gasteiger partial charge in [-0.1, -0.05) is 12.1 Å². The smallest absolute Gasteiger partial charge is 0.266 e. The van der Waals surface area contributed by atoms with E-state index in [2.05, 4.69) is 9.97 Å². The number of H-pyrrole nitrogens is 1. The second-order valence-electron chi connectivity index (χ2n) is 3.49. The normalized spacial score (nSPS) is 10.8. The second kappa shape index (κ2) is 3.34. The van der Waals surface area contributed by atoms with Crippen LogP contribution in [0.3, 0.4) is 0 Å². The zero-order chi connectivity index (χ0) is 11.0. The molecule has 0 saturated carbocycles. The Balaban J connectivity index is 2.37. The third-order valence-electron chi connectivity index (χ3n) is 2.51. The number of para-hydroxylation sites is 1. The number of benzene rings is 1. The van der Waals surface area contributed by atoms with E-state index in [9.17, 15) is 4.79 Å². The summed E-state index contributed by atoms with van der Waals surface area (Å²) in [7, 11) is 0. The van der Waals surface area contributed by atoms with Gasteiger partial charge in [-0.2, -0.15) is 0 Å². The van der Waals surface area contributed by atoms with Crippen LogP contribution in [0.2, 0.25) is 0 Å². The van der Waals surface area contributed by atoms with Crippen molar-refractivity contribution in [3.05, 3.63) is 59.3 Å². The molecule has 2 aromatic heterocycles. The average molecular weight is 211 g/mol. The van der Waals surface area contributed by atoms with Crippen LogP contribution in [-0.2, 0) is 0 Å². The fourth-order valence-corrected chi connectivity index (χ4v) is 1.71. The maximum atomic E-state index is 12.1. The van der Waals surface area contributed by atoms with Crippen molar-refractivity contribution in [2.45, 2.75) is 0 Å². The van der Waals surface area contributed by atoms with Gasteiger partial charge in [0.2, 0.25) is 0 Å². The lowest BCUT2D eigenvalue weighted by molar-refractivity contribution is 0.931. The van der Waals surface area contributed by atoms with Gasteiger partial charge in [0.05, 0.1) is 10.9 Å². The lowest BCUT2D eigenvalue weighted by atomic mass is 10.2. The van der Waals surface area contributed by atoms with Gasteiger partial charge >= 0.3 is 0 Å². The van der Waals surface area contributed by atoms with Crippen LogP contribution in [0.1, 0.15) is 0 Å². The molecule has 2 heterocycles. The first kappa shape index (κ1) is 8.91. The number of hydrogen-bond donors (Lipinski definition) is 1. The van der Waals surface area contributed by atoms with Crippen molar-refractivity contribution in [3.63, 3.8) is 0 Å². The van der Waals surface area contributed by atoms with Crippen LogP contribution in [0.25, 0.3) is 16.7 Å². The predicted molar refractivity (Wildman–Crippen MR) is 61.7 cm³/mol. The van der Waals surface area contributed by atoms with E-state index in [0.29, 0.717) is 5.39 Å². The number of hydrogen-bond acceptors (Lipinski definition) is 2. The van der Waals surface area contributed by atoms with E-state index in [-0.39, 0.29) is 5.56 Å². The van der Waals surface area contributed by atoms with E-state index >= 15 is 0 Å². The Morgan fingerprint density at radius 2 is 2.00 bits per heavy atom. The summed E-state index contributed by atoms with van der Waals surface area (Å²) >= 11 is 0. The van der Waals surface area contributed by atoms with Gasteiger partial charge in [-0.25, -0.2) is 4.98 Å². The van der Waals surface area contributed by atoms with Gasteiger partial charge in [-0.3, -0.25) is 9.36 Å². The summed E-state index contributed by atoms with van der Waals surface area (Å²) in [5.41, 5.74) is 0.656. The molecule has 0 amide bonds. The number of aromatic amines is 1. The summed E-state index contributed by atoms with van der Waals surface area (Å²) in [6, 6.07) is 11.0. The zero-order valence-electron chi connectivity index (χ0n) is 8.42. The molecule has 1 N–H and O–H groups in total. The highest BCUT2D eigenvalue weighted by atomic mass is 16.1. The molecule has 3 rings (SSSR count). The summed E-state index contributed by atoms with van der Waals surface area (Å²) in [5.74, 6) is 0.725. The van der Waals surface area contributed by atoms with Gasteiger partial charge < -0.3 is 4.98 Å². The fraction of sp³-hybridized carbons (Fsp3) is 0. The van der Waals surface area contributed by atoms with Gasteiger partial charge in [-0.05, 0) is 24.3 Å². The van der Waals surface area contributed by atoms with Gasteiger partial charge in [0, 0.05) is 6.20 Å². The minimum atomic E-state index is -0.0620. The van der Waals surface area contributed by atoms with Crippen molar-refractivity contribution < 1.29 is 0 Å². The highest BCUT2D eigenvalue weighted by molar-refractivity contribution is 5.77. The number of aromatic nitrogens is 3. The Kier molecular flexibility index (Phi) is 1.86. The topological polar surface area (TPSA) is 50.7 Å². The predicted octanol–water partition coefficient (Wildman–Crippen LogP) is 1.71. The van der Waals surface area contributed by atoms with Crippen LogP contribution in [-0.4, -0.2) is 14.5 Å². The maximum Gasteiger partial charge on any atom is 0.266 e. The van der Waals surface area contributed by atoms with E-state index in [4.69, 9.17) is 0 Å². The largest absolute Gasteiger partial charge is 0.348 e. The maximum absolute atomic E-state index is 12.1. The second-order valence-corrected chi connectivity index (χ2v) is 3.49. The monoisotopic (exact) mass is 211 g/mol. The van der Waals surface area contributed by atoms with Crippen molar-refractivity contribution in [2.75, 3.05) is 0 Å². The van der Waals surface area contributed by atoms with E-state index in [1.54, 1.807) is 12.3 Å². The van der Waals surface area contributed by atoms with Crippen molar-refractivity contribution in [1.29, 1.82) is 0 Å². The number of rotatable bonds is 1. The van der Waals surface area contributed by atoms with Gasteiger partial charge in [-0.15, -0.1) is 0 Å². The summed E-state index contributed by atoms with van der Waals surface area (Å²) < 4.78 is 1.50. The fourth-order valence-electron chi connectivity index (χ4n) is 1.71. The Morgan fingerprint density at radius 3 is 2.81 bits per heavy atom. The lowest BCUT2D eigenvalue weighted by Gasteiger charge is -2.03. The van der Waals surface area contributed by atoms with Crippen LogP contribution < -0.4 is 5.56 Å². The van der Waals surface area contributed by atoms with Crippen molar-refractivity contribution in [3.8, 4) is 5.82 Å². The molecular formula is C12H9N3O. The number of nitrogens with one attached hydrogen (secondary N) is 1. The minimum Gasteiger partial charge on any atom is -0.348 e. The van der Waals surface area contributed by atoms with E-state index in [1.807, 2.05) is 30.3 Å². The third kappa shape index (κ3) is 1.24. The average Bonchev–Trinajstić information content (AvgIpc) is 2.83. The van der Waals surface area contributed by atoms with Crippen LogP contribution in [0.5, 0.6) is 0 Å². The summed E-state index contributed by atoms with van der Waals surface area (Å²) in [4.78, 5) is 19.4. The Morgan fingerprint density at radius 1 is 1.12 bits per heavy atom. The molecule has 1 aromatic carbocycles. The summed E-state index contributed by atoms with van der Waals surface area (Å²) in [5, 5.41) is 0.625. The van der Waals surface area contributed by atoms with E-state index in [1.165, 1.54) is 10.9 Å². The highest BCUT2D eigenvalue weighted by Crippen LogP contribution is 2.07.